The van der Waals surface area contributed by atoms with E-state index >= 15 is 0 Å². The van der Waals surface area contributed by atoms with Crippen molar-refractivity contribution >= 4 is 39.1 Å². The van der Waals surface area contributed by atoms with E-state index in [0.29, 0.717) is 4.88 Å². The van der Waals surface area contributed by atoms with Crippen LogP contribution in [0.2, 0.25) is 0 Å². The maximum Gasteiger partial charge on any atom is 0.325 e. The minimum atomic E-state index is -0.413. The number of halogens is 1. The number of methoxy groups -OCH3 is 1. The lowest BCUT2D eigenvalue weighted by Gasteiger charge is -2.24. The Balaban J connectivity index is 2.92. The summed E-state index contributed by atoms with van der Waals surface area (Å²) in [7, 11) is 1.32. The van der Waals surface area contributed by atoms with Crippen LogP contribution in [0.25, 0.3) is 0 Å². The summed E-state index contributed by atoms with van der Waals surface area (Å²) < 4.78 is 5.54. The van der Waals surface area contributed by atoms with Crippen LogP contribution in [0.4, 0.5) is 0 Å². The average Bonchev–Trinajstić information content (AvgIpc) is 2.65. The quantitative estimate of drug-likeness (QED) is 0.796. The second-order valence-electron chi connectivity index (χ2n) is 4.17. The first kappa shape index (κ1) is 15.2. The lowest BCUT2D eigenvalue weighted by molar-refractivity contribution is -0.141. The Kier molecular flexibility index (Phi) is 5.34. The molecule has 1 aromatic rings. The smallest absolute Gasteiger partial charge is 0.325 e. The summed E-state index contributed by atoms with van der Waals surface area (Å²) in [4.78, 5) is 25.7. The zero-order valence-corrected chi connectivity index (χ0v) is 13.2. The highest BCUT2D eigenvalue weighted by molar-refractivity contribution is 9.11. The van der Waals surface area contributed by atoms with Crippen molar-refractivity contribution in [3.05, 3.63) is 20.3 Å². The van der Waals surface area contributed by atoms with Crippen molar-refractivity contribution in [2.24, 2.45) is 0 Å². The standard InChI is InChI=1S/C12H16BrNO3S/c1-7(2)14(6-10(15)17-4)12(16)9-5-8(3)11(13)18-9/h5,7H,6H2,1-4H3. The van der Waals surface area contributed by atoms with E-state index in [9.17, 15) is 9.59 Å². The molecule has 0 unspecified atom stereocenters. The van der Waals surface area contributed by atoms with Gasteiger partial charge in [-0.15, -0.1) is 11.3 Å². The molecular weight excluding hydrogens is 318 g/mol. The van der Waals surface area contributed by atoms with Crippen molar-refractivity contribution in [2.45, 2.75) is 26.8 Å². The molecule has 100 valence electrons. The van der Waals surface area contributed by atoms with E-state index in [2.05, 4.69) is 20.7 Å². The van der Waals surface area contributed by atoms with Crippen LogP contribution < -0.4 is 0 Å². The molecule has 6 heteroatoms. The fraction of sp³-hybridized carbons (Fsp3) is 0.500. The molecule has 1 aromatic heterocycles. The van der Waals surface area contributed by atoms with E-state index in [-0.39, 0.29) is 18.5 Å². The molecule has 0 N–H and O–H groups in total. The lowest BCUT2D eigenvalue weighted by atomic mass is 10.2. The number of carbonyl (C=O) groups is 2. The molecule has 0 spiro atoms. The normalized spacial score (nSPS) is 10.6. The number of aryl methyl sites for hydroxylation is 1. The van der Waals surface area contributed by atoms with Crippen molar-refractivity contribution in [2.75, 3.05) is 13.7 Å². The fourth-order valence-electron chi connectivity index (χ4n) is 1.40. The Hall–Kier alpha value is -0.880. The van der Waals surface area contributed by atoms with Gasteiger partial charge in [-0.2, -0.15) is 0 Å². The van der Waals surface area contributed by atoms with Crippen molar-refractivity contribution in [1.29, 1.82) is 0 Å². The van der Waals surface area contributed by atoms with Crippen molar-refractivity contribution in [3.8, 4) is 0 Å². The third-order valence-corrected chi connectivity index (χ3v) is 4.60. The van der Waals surface area contributed by atoms with E-state index in [4.69, 9.17) is 0 Å². The Morgan fingerprint density at radius 2 is 2.11 bits per heavy atom. The molecule has 0 atom stereocenters. The first-order valence-electron chi connectivity index (χ1n) is 5.50. The highest BCUT2D eigenvalue weighted by atomic mass is 79.9. The number of hydrogen-bond donors (Lipinski definition) is 0. The lowest BCUT2D eigenvalue weighted by Crippen LogP contribution is -2.40. The summed E-state index contributed by atoms with van der Waals surface area (Å²) in [6, 6.07) is 1.77. The largest absolute Gasteiger partial charge is 0.468 e. The average molecular weight is 334 g/mol. The zero-order chi connectivity index (χ0) is 13.9. The van der Waals surface area contributed by atoms with Gasteiger partial charge in [0.2, 0.25) is 0 Å². The Morgan fingerprint density at radius 3 is 2.50 bits per heavy atom. The molecule has 0 fully saturated rings. The minimum Gasteiger partial charge on any atom is -0.468 e. The SMILES string of the molecule is COC(=O)CN(C(=O)c1cc(C)c(Br)s1)C(C)C. The van der Waals surface area contributed by atoms with Gasteiger partial charge in [-0.25, -0.2) is 0 Å². The first-order valence-corrected chi connectivity index (χ1v) is 7.11. The van der Waals surface area contributed by atoms with Crippen LogP contribution in [-0.4, -0.2) is 36.5 Å². The number of esters is 1. The van der Waals surface area contributed by atoms with Crippen LogP contribution >= 0.6 is 27.3 Å². The molecular formula is C12H16BrNO3S. The highest BCUT2D eigenvalue weighted by Crippen LogP contribution is 2.28. The molecule has 1 rings (SSSR count). The maximum atomic E-state index is 12.3. The number of rotatable bonds is 4. The van der Waals surface area contributed by atoms with Crippen LogP contribution in [0, 0.1) is 6.92 Å². The molecule has 0 bridgehead atoms. The third-order valence-electron chi connectivity index (χ3n) is 2.48. The predicted molar refractivity (Wildman–Crippen MR) is 74.9 cm³/mol. The molecule has 0 saturated heterocycles. The van der Waals surface area contributed by atoms with E-state index in [1.165, 1.54) is 23.3 Å². The van der Waals surface area contributed by atoms with Gasteiger partial charge in [0.1, 0.15) is 6.54 Å². The third kappa shape index (κ3) is 3.55. The van der Waals surface area contributed by atoms with Gasteiger partial charge >= 0.3 is 5.97 Å². The topological polar surface area (TPSA) is 46.6 Å². The second-order valence-corrected chi connectivity index (χ2v) is 6.54. The van der Waals surface area contributed by atoms with E-state index < -0.39 is 5.97 Å². The van der Waals surface area contributed by atoms with Gasteiger partial charge in [0.15, 0.2) is 0 Å². The molecule has 0 aliphatic carbocycles. The first-order chi connectivity index (χ1) is 8.36. The molecule has 1 amide bonds. The summed E-state index contributed by atoms with van der Waals surface area (Å²) in [5, 5.41) is 0. The number of hydrogen-bond acceptors (Lipinski definition) is 4. The summed E-state index contributed by atoms with van der Waals surface area (Å²) in [5.74, 6) is -0.557. The predicted octanol–water partition coefficient (Wildman–Crippen LogP) is 2.84. The minimum absolute atomic E-state index is 0.0262. The number of amides is 1. The van der Waals surface area contributed by atoms with Gasteiger partial charge in [0.25, 0.3) is 5.91 Å². The van der Waals surface area contributed by atoms with Crippen LogP contribution in [0.1, 0.15) is 29.1 Å². The fourth-order valence-corrected chi connectivity index (χ4v) is 2.89. The summed E-state index contributed by atoms with van der Waals surface area (Å²) in [6.07, 6.45) is 0. The van der Waals surface area contributed by atoms with Crippen molar-refractivity contribution in [3.63, 3.8) is 0 Å². The Bertz CT molecular complexity index is 437. The van der Waals surface area contributed by atoms with Crippen LogP contribution in [0.15, 0.2) is 9.85 Å². The second kappa shape index (κ2) is 6.33. The molecule has 18 heavy (non-hydrogen) atoms. The van der Waals surface area contributed by atoms with Gasteiger partial charge in [0, 0.05) is 6.04 Å². The van der Waals surface area contributed by atoms with E-state index in [0.717, 1.165) is 9.35 Å². The molecule has 0 saturated carbocycles. The molecule has 0 aromatic carbocycles. The summed E-state index contributed by atoms with van der Waals surface area (Å²) in [5.41, 5.74) is 1.02. The monoisotopic (exact) mass is 333 g/mol. The zero-order valence-electron chi connectivity index (χ0n) is 10.8. The number of carbonyl (C=O) groups excluding carboxylic acids is 2. The molecule has 0 radical (unpaired) electrons. The summed E-state index contributed by atoms with van der Waals surface area (Å²) >= 11 is 4.77. The Morgan fingerprint density at radius 1 is 1.50 bits per heavy atom. The molecule has 0 aliphatic heterocycles. The maximum absolute atomic E-state index is 12.3. The van der Waals surface area contributed by atoms with Gasteiger partial charge in [-0.1, -0.05) is 0 Å². The van der Waals surface area contributed by atoms with Gasteiger partial charge in [0.05, 0.1) is 15.8 Å². The van der Waals surface area contributed by atoms with Gasteiger partial charge < -0.3 is 9.64 Å². The molecule has 0 aliphatic rings. The summed E-state index contributed by atoms with van der Waals surface area (Å²) in [6.45, 7) is 5.64. The van der Waals surface area contributed by atoms with Crippen LogP contribution in [0.5, 0.6) is 0 Å². The van der Waals surface area contributed by atoms with Crippen molar-refractivity contribution in [1.82, 2.24) is 4.90 Å². The van der Waals surface area contributed by atoms with E-state index in [1.54, 1.807) is 0 Å². The van der Waals surface area contributed by atoms with E-state index in [1.807, 2.05) is 26.8 Å². The van der Waals surface area contributed by atoms with Crippen LogP contribution in [0.3, 0.4) is 0 Å². The van der Waals surface area contributed by atoms with Crippen LogP contribution in [-0.2, 0) is 9.53 Å². The van der Waals surface area contributed by atoms with Gasteiger partial charge in [-0.05, 0) is 48.3 Å². The Labute approximate surface area is 119 Å². The van der Waals surface area contributed by atoms with Crippen molar-refractivity contribution < 1.29 is 14.3 Å². The molecule has 4 nitrogen and oxygen atoms in total. The number of nitrogens with zero attached hydrogens (tertiary/aromatic N) is 1. The number of ether oxygens (including phenoxy) is 1. The molecule has 1 heterocycles. The highest BCUT2D eigenvalue weighted by Gasteiger charge is 2.23. The van der Waals surface area contributed by atoms with Gasteiger partial charge in [-0.3, -0.25) is 9.59 Å². The number of thiophene rings is 1.